The molecule has 3 rings (SSSR count). The fraction of sp³-hybridized carbons (Fsp3) is 0.100. The van der Waals surface area contributed by atoms with Crippen LogP contribution in [0.2, 0.25) is 5.02 Å². The Bertz CT molecular complexity index is 1200. The molecule has 30 heavy (non-hydrogen) atoms. The number of ether oxygens (including phenoxy) is 1. The largest absolute Gasteiger partial charge is 0.495 e. The van der Waals surface area contributed by atoms with Crippen molar-refractivity contribution in [2.24, 2.45) is 0 Å². The van der Waals surface area contributed by atoms with Crippen molar-refractivity contribution in [1.82, 2.24) is 4.98 Å². The van der Waals surface area contributed by atoms with E-state index in [1.807, 2.05) is 0 Å². The minimum atomic E-state index is -4.00. The van der Waals surface area contributed by atoms with Crippen LogP contribution in [0.15, 0.2) is 64.1 Å². The van der Waals surface area contributed by atoms with Crippen molar-refractivity contribution in [3.05, 3.63) is 75.5 Å². The average molecular weight is 511 g/mol. The number of hydrogen-bond acceptors (Lipinski definition) is 5. The fourth-order valence-corrected chi connectivity index (χ4v) is 4.31. The number of methoxy groups -OCH3 is 1. The van der Waals surface area contributed by atoms with Gasteiger partial charge >= 0.3 is 0 Å². The molecule has 3 aromatic rings. The normalized spacial score (nSPS) is 11.1. The SMILES string of the molecule is COc1ccc(NC(=O)c2nc(Br)ccc2C)cc1S(=O)(=O)Nc1ccc(Cl)cc1. The molecule has 2 aromatic carbocycles. The van der Waals surface area contributed by atoms with Crippen LogP contribution in [-0.4, -0.2) is 26.4 Å². The van der Waals surface area contributed by atoms with E-state index in [1.165, 1.54) is 19.2 Å². The molecule has 0 fully saturated rings. The number of carbonyl (C=O) groups is 1. The highest BCUT2D eigenvalue weighted by atomic mass is 79.9. The lowest BCUT2D eigenvalue weighted by Gasteiger charge is -2.14. The molecule has 0 saturated carbocycles. The van der Waals surface area contributed by atoms with Gasteiger partial charge in [-0.25, -0.2) is 13.4 Å². The Balaban J connectivity index is 1.92. The molecule has 0 bridgehead atoms. The van der Waals surface area contributed by atoms with Crippen molar-refractivity contribution in [2.45, 2.75) is 11.8 Å². The third kappa shape index (κ3) is 5.10. The highest BCUT2D eigenvalue weighted by molar-refractivity contribution is 9.10. The maximum absolute atomic E-state index is 12.9. The summed E-state index contributed by atoms with van der Waals surface area (Å²) in [4.78, 5) is 16.7. The molecule has 0 spiro atoms. The van der Waals surface area contributed by atoms with Crippen LogP contribution in [0.4, 0.5) is 11.4 Å². The molecule has 2 N–H and O–H groups in total. The van der Waals surface area contributed by atoms with Gasteiger partial charge < -0.3 is 10.1 Å². The standard InChI is InChI=1S/C20H17BrClN3O4S/c1-12-3-10-18(21)24-19(12)20(26)23-15-8-9-16(29-2)17(11-15)30(27,28)25-14-6-4-13(22)5-7-14/h3-11,25H,1-2H3,(H,23,26). The van der Waals surface area contributed by atoms with E-state index in [4.69, 9.17) is 16.3 Å². The van der Waals surface area contributed by atoms with Crippen LogP contribution in [0, 0.1) is 6.92 Å². The van der Waals surface area contributed by atoms with Crippen molar-refractivity contribution in [2.75, 3.05) is 17.1 Å². The van der Waals surface area contributed by atoms with Gasteiger partial charge in [-0.15, -0.1) is 0 Å². The lowest BCUT2D eigenvalue weighted by atomic mass is 10.2. The first-order valence-corrected chi connectivity index (χ1v) is 11.3. The molecule has 0 aliphatic carbocycles. The monoisotopic (exact) mass is 509 g/mol. The van der Waals surface area contributed by atoms with Gasteiger partial charge in [-0.3, -0.25) is 9.52 Å². The van der Waals surface area contributed by atoms with Crippen LogP contribution in [0.5, 0.6) is 5.75 Å². The molecule has 1 aromatic heterocycles. The second-order valence-corrected chi connectivity index (χ2v) is 9.13. The molecule has 0 aliphatic heterocycles. The van der Waals surface area contributed by atoms with Gasteiger partial charge in [0.15, 0.2) is 0 Å². The third-order valence-corrected chi connectivity index (χ3v) is 6.18. The van der Waals surface area contributed by atoms with Gasteiger partial charge in [0, 0.05) is 16.4 Å². The Morgan fingerprint density at radius 1 is 1.07 bits per heavy atom. The van der Waals surface area contributed by atoms with Crippen molar-refractivity contribution >= 4 is 54.8 Å². The predicted molar refractivity (Wildman–Crippen MR) is 120 cm³/mol. The number of pyridine rings is 1. The van der Waals surface area contributed by atoms with Crippen molar-refractivity contribution in [3.63, 3.8) is 0 Å². The number of hydrogen-bond donors (Lipinski definition) is 2. The minimum Gasteiger partial charge on any atom is -0.495 e. The molecule has 7 nitrogen and oxygen atoms in total. The third-order valence-electron chi connectivity index (χ3n) is 4.09. The van der Waals surface area contributed by atoms with Crippen LogP contribution in [-0.2, 0) is 10.0 Å². The molecular weight excluding hydrogens is 494 g/mol. The van der Waals surface area contributed by atoms with Crippen molar-refractivity contribution < 1.29 is 17.9 Å². The van der Waals surface area contributed by atoms with Crippen LogP contribution in [0.25, 0.3) is 0 Å². The van der Waals surface area contributed by atoms with Gasteiger partial charge in [0.25, 0.3) is 15.9 Å². The zero-order valence-corrected chi connectivity index (χ0v) is 19.1. The summed E-state index contributed by atoms with van der Waals surface area (Å²) >= 11 is 9.08. The Kier molecular flexibility index (Phi) is 6.64. The van der Waals surface area contributed by atoms with E-state index in [1.54, 1.807) is 49.4 Å². The smallest absolute Gasteiger partial charge is 0.274 e. The number of halogens is 2. The summed E-state index contributed by atoms with van der Waals surface area (Å²) in [5.74, 6) is -0.334. The Morgan fingerprint density at radius 2 is 1.73 bits per heavy atom. The number of aromatic nitrogens is 1. The molecule has 156 valence electrons. The number of benzene rings is 2. The zero-order chi connectivity index (χ0) is 21.9. The highest BCUT2D eigenvalue weighted by Gasteiger charge is 2.21. The minimum absolute atomic E-state index is 0.128. The molecule has 0 aliphatic rings. The summed E-state index contributed by atoms with van der Waals surface area (Å²) in [6, 6.07) is 14.0. The van der Waals surface area contributed by atoms with Crippen molar-refractivity contribution in [1.29, 1.82) is 0 Å². The summed E-state index contributed by atoms with van der Waals surface area (Å²) < 4.78 is 34.0. The molecule has 0 saturated heterocycles. The molecule has 1 heterocycles. The Morgan fingerprint density at radius 3 is 2.40 bits per heavy atom. The number of carbonyl (C=O) groups excluding carboxylic acids is 1. The van der Waals surface area contributed by atoms with Gasteiger partial charge in [-0.2, -0.15) is 0 Å². The van der Waals surface area contributed by atoms with E-state index < -0.39 is 15.9 Å². The second kappa shape index (κ2) is 9.03. The first-order chi connectivity index (χ1) is 14.2. The van der Waals surface area contributed by atoms with E-state index in [0.717, 1.165) is 0 Å². The van der Waals surface area contributed by atoms with E-state index in [-0.39, 0.29) is 22.0 Å². The maximum atomic E-state index is 12.9. The number of nitrogens with one attached hydrogen (secondary N) is 2. The van der Waals surface area contributed by atoms with Crippen LogP contribution in [0.1, 0.15) is 16.1 Å². The second-order valence-electron chi connectivity index (χ2n) is 6.23. The molecular formula is C20H17BrClN3O4S. The first-order valence-electron chi connectivity index (χ1n) is 8.60. The number of anilines is 2. The topological polar surface area (TPSA) is 97.4 Å². The molecule has 0 unspecified atom stereocenters. The number of amides is 1. The van der Waals surface area contributed by atoms with E-state index in [0.29, 0.717) is 20.9 Å². The summed E-state index contributed by atoms with van der Waals surface area (Å²) in [5.41, 5.74) is 1.52. The molecule has 1 amide bonds. The maximum Gasteiger partial charge on any atom is 0.274 e. The van der Waals surface area contributed by atoms with Crippen LogP contribution >= 0.6 is 27.5 Å². The fourth-order valence-electron chi connectivity index (χ4n) is 2.62. The first kappa shape index (κ1) is 22.1. The van der Waals surface area contributed by atoms with Gasteiger partial charge in [-0.05, 0) is 76.9 Å². The zero-order valence-electron chi connectivity index (χ0n) is 15.9. The number of aryl methyl sites for hydroxylation is 1. The lowest BCUT2D eigenvalue weighted by molar-refractivity contribution is 0.102. The number of rotatable bonds is 6. The number of nitrogens with zero attached hydrogens (tertiary/aromatic N) is 1. The van der Waals surface area contributed by atoms with Gasteiger partial charge in [0.1, 0.15) is 20.9 Å². The van der Waals surface area contributed by atoms with E-state index in [9.17, 15) is 13.2 Å². The molecule has 0 radical (unpaired) electrons. The van der Waals surface area contributed by atoms with E-state index >= 15 is 0 Å². The molecule has 0 atom stereocenters. The Hall–Kier alpha value is -2.62. The summed E-state index contributed by atoms with van der Waals surface area (Å²) in [5, 5.41) is 3.16. The predicted octanol–water partition coefficient (Wildman–Crippen LogP) is 4.87. The van der Waals surface area contributed by atoms with Gasteiger partial charge in [-0.1, -0.05) is 17.7 Å². The quantitative estimate of drug-likeness (QED) is 0.461. The summed E-state index contributed by atoms with van der Waals surface area (Å²) in [6.07, 6.45) is 0. The summed E-state index contributed by atoms with van der Waals surface area (Å²) in [7, 11) is -2.63. The lowest BCUT2D eigenvalue weighted by Crippen LogP contribution is -2.17. The van der Waals surface area contributed by atoms with Gasteiger partial charge in [0.05, 0.1) is 7.11 Å². The number of sulfonamides is 1. The molecule has 10 heteroatoms. The Labute approximate surface area is 187 Å². The highest BCUT2D eigenvalue weighted by Crippen LogP contribution is 2.29. The average Bonchev–Trinajstić information content (AvgIpc) is 2.71. The van der Waals surface area contributed by atoms with E-state index in [2.05, 4.69) is 31.0 Å². The van der Waals surface area contributed by atoms with Crippen LogP contribution in [0.3, 0.4) is 0 Å². The summed E-state index contributed by atoms with van der Waals surface area (Å²) in [6.45, 7) is 1.76. The van der Waals surface area contributed by atoms with Crippen molar-refractivity contribution in [3.8, 4) is 5.75 Å². The van der Waals surface area contributed by atoms with Gasteiger partial charge in [0.2, 0.25) is 0 Å². The van der Waals surface area contributed by atoms with Crippen LogP contribution < -0.4 is 14.8 Å².